The fourth-order valence-corrected chi connectivity index (χ4v) is 1.16. The summed E-state index contributed by atoms with van der Waals surface area (Å²) in [6.45, 7) is 0.0929. The van der Waals surface area contributed by atoms with E-state index in [9.17, 15) is 4.79 Å². The zero-order valence-electron chi connectivity index (χ0n) is 12.4. The molecule has 0 saturated heterocycles. The van der Waals surface area contributed by atoms with Crippen LogP contribution in [0.15, 0.2) is 0 Å². The first-order valence-corrected chi connectivity index (χ1v) is 6.81. The average molecular weight is 284 g/mol. The predicted octanol–water partition coefficient (Wildman–Crippen LogP) is 1.90. The van der Waals surface area contributed by atoms with Crippen molar-refractivity contribution < 1.29 is 14.6 Å². The lowest BCUT2D eigenvalue weighted by molar-refractivity contribution is -0.140. The van der Waals surface area contributed by atoms with E-state index in [1.54, 1.807) is 0 Å². The van der Waals surface area contributed by atoms with E-state index < -0.39 is 0 Å². The molecule has 0 spiro atoms. The Hall–Kier alpha value is -2.33. The number of hydrogen-bond donors (Lipinski definition) is 1. The highest BCUT2D eigenvalue weighted by Crippen LogP contribution is 1.95. The van der Waals surface area contributed by atoms with E-state index in [0.717, 1.165) is 6.42 Å². The van der Waals surface area contributed by atoms with Gasteiger partial charge in [0.25, 0.3) is 0 Å². The zero-order chi connectivity index (χ0) is 15.6. The van der Waals surface area contributed by atoms with Crippen molar-refractivity contribution >= 4 is 5.97 Å². The first kappa shape index (κ1) is 18.7. The normalized spacial score (nSPS) is 7.71. The number of rotatable bonds is 4. The number of aliphatic hydroxyl groups excluding tert-OH is 1. The predicted molar refractivity (Wildman–Crippen MR) is 82.5 cm³/mol. The van der Waals surface area contributed by atoms with Crippen LogP contribution in [0.5, 0.6) is 0 Å². The molecule has 0 aromatic heterocycles. The fraction of sp³-hybridized carbons (Fsp3) is 0.500. The molecule has 1 N–H and O–H groups in total. The lowest BCUT2D eigenvalue weighted by Gasteiger charge is -1.93. The third-order valence-corrected chi connectivity index (χ3v) is 2.18. The molecular weight excluding hydrogens is 264 g/mol. The van der Waals surface area contributed by atoms with Crippen molar-refractivity contribution in [2.75, 3.05) is 13.7 Å². The Morgan fingerprint density at radius 1 is 0.857 bits per heavy atom. The molecule has 3 nitrogen and oxygen atoms in total. The number of aliphatic hydroxyl groups is 1. The molecule has 110 valence electrons. The van der Waals surface area contributed by atoms with E-state index in [2.05, 4.69) is 52.1 Å². The molecule has 0 atom stereocenters. The molecule has 0 aliphatic rings. The number of methoxy groups -OCH3 is 1. The smallest absolute Gasteiger partial charge is 0.305 e. The summed E-state index contributed by atoms with van der Waals surface area (Å²) in [5.74, 6) is 23.0. The van der Waals surface area contributed by atoms with Gasteiger partial charge in [0.15, 0.2) is 0 Å². The number of unbranched alkanes of at least 4 members (excludes halogenated alkanes) is 1. The number of carbonyl (C=O) groups excluding carboxylic acids is 1. The fourth-order valence-electron chi connectivity index (χ4n) is 1.16. The van der Waals surface area contributed by atoms with E-state index in [0.29, 0.717) is 38.5 Å². The van der Waals surface area contributed by atoms with E-state index in [4.69, 9.17) is 5.11 Å². The first-order valence-electron chi connectivity index (χ1n) is 6.81. The summed E-state index contributed by atoms with van der Waals surface area (Å²) in [5.41, 5.74) is 0. The minimum Gasteiger partial charge on any atom is -0.469 e. The third-order valence-electron chi connectivity index (χ3n) is 2.18. The summed E-state index contributed by atoms with van der Waals surface area (Å²) in [4.78, 5) is 10.8. The standard InChI is InChI=1S/C18H20O3/c1-21-18(20)16-14-12-10-8-6-4-2-3-5-7-9-11-13-15-17-19/h19H,3,6,9,12,14-17H2,1H3. The highest BCUT2D eigenvalue weighted by atomic mass is 16.5. The molecule has 0 amide bonds. The van der Waals surface area contributed by atoms with Gasteiger partial charge in [0.1, 0.15) is 0 Å². The molecule has 0 aromatic rings. The van der Waals surface area contributed by atoms with E-state index in [1.165, 1.54) is 7.11 Å². The number of ether oxygens (including phenoxy) is 1. The van der Waals surface area contributed by atoms with Gasteiger partial charge in [0.2, 0.25) is 0 Å². The van der Waals surface area contributed by atoms with Gasteiger partial charge in [-0.3, -0.25) is 4.79 Å². The maximum atomic E-state index is 10.8. The molecule has 0 unspecified atom stereocenters. The Labute approximate surface area is 127 Å². The molecule has 0 bridgehead atoms. The number of carbonyl (C=O) groups is 1. The van der Waals surface area contributed by atoms with Crippen LogP contribution in [0.2, 0.25) is 0 Å². The lowest BCUT2D eigenvalue weighted by atomic mass is 10.2. The van der Waals surface area contributed by atoms with Crippen molar-refractivity contribution in [3.05, 3.63) is 0 Å². The van der Waals surface area contributed by atoms with Gasteiger partial charge in [-0.2, -0.15) is 0 Å². The lowest BCUT2D eigenvalue weighted by Crippen LogP contribution is -1.98. The monoisotopic (exact) mass is 284 g/mol. The van der Waals surface area contributed by atoms with E-state index >= 15 is 0 Å². The summed E-state index contributed by atoms with van der Waals surface area (Å²) >= 11 is 0. The SMILES string of the molecule is COC(=O)CCCC#CCC#CCC#CCC#CCCO. The molecule has 0 radical (unpaired) electrons. The minimum atomic E-state index is -0.198. The van der Waals surface area contributed by atoms with Gasteiger partial charge in [-0.25, -0.2) is 0 Å². The molecule has 0 heterocycles. The van der Waals surface area contributed by atoms with Gasteiger partial charge in [0, 0.05) is 19.3 Å². The second-order valence-electron chi connectivity index (χ2n) is 3.85. The van der Waals surface area contributed by atoms with Crippen molar-refractivity contribution in [3.63, 3.8) is 0 Å². The third kappa shape index (κ3) is 15.6. The number of esters is 1. The van der Waals surface area contributed by atoms with Gasteiger partial charge >= 0.3 is 5.97 Å². The topological polar surface area (TPSA) is 46.5 Å². The van der Waals surface area contributed by atoms with Crippen LogP contribution >= 0.6 is 0 Å². The first-order chi connectivity index (χ1) is 10.3. The molecular formula is C18H20O3. The van der Waals surface area contributed by atoms with Crippen LogP contribution in [-0.2, 0) is 9.53 Å². The van der Waals surface area contributed by atoms with Crippen LogP contribution in [0, 0.1) is 47.4 Å². The Morgan fingerprint density at radius 2 is 1.33 bits per heavy atom. The van der Waals surface area contributed by atoms with Crippen LogP contribution in [0.3, 0.4) is 0 Å². The van der Waals surface area contributed by atoms with Gasteiger partial charge in [0.05, 0.1) is 33.0 Å². The Balaban J connectivity index is 3.61. The average Bonchev–Trinajstić information content (AvgIpc) is 2.50. The molecule has 0 saturated carbocycles. The highest BCUT2D eigenvalue weighted by molar-refractivity contribution is 5.69. The van der Waals surface area contributed by atoms with Gasteiger partial charge in [-0.15, -0.1) is 5.92 Å². The molecule has 3 heteroatoms. The summed E-state index contributed by atoms with van der Waals surface area (Å²) in [6.07, 6.45) is 3.87. The Bertz CT molecular complexity index is 530. The summed E-state index contributed by atoms with van der Waals surface area (Å²) < 4.78 is 4.53. The van der Waals surface area contributed by atoms with E-state index in [1.807, 2.05) is 0 Å². The van der Waals surface area contributed by atoms with Crippen molar-refractivity contribution in [2.45, 2.75) is 44.9 Å². The molecule has 0 aliphatic heterocycles. The molecule has 0 rings (SSSR count). The minimum absolute atomic E-state index is 0.0929. The van der Waals surface area contributed by atoms with Crippen molar-refractivity contribution in [1.29, 1.82) is 0 Å². The van der Waals surface area contributed by atoms with Gasteiger partial charge in [-0.05, 0) is 6.42 Å². The van der Waals surface area contributed by atoms with Crippen LogP contribution in [0.4, 0.5) is 0 Å². The quantitative estimate of drug-likeness (QED) is 0.487. The zero-order valence-corrected chi connectivity index (χ0v) is 12.4. The maximum Gasteiger partial charge on any atom is 0.305 e. The largest absolute Gasteiger partial charge is 0.469 e. The molecule has 0 aromatic carbocycles. The summed E-state index contributed by atoms with van der Waals surface area (Å²) in [5, 5.41) is 8.50. The molecule has 0 fully saturated rings. The highest BCUT2D eigenvalue weighted by Gasteiger charge is 1.96. The van der Waals surface area contributed by atoms with Gasteiger partial charge in [-0.1, -0.05) is 41.4 Å². The van der Waals surface area contributed by atoms with Crippen molar-refractivity contribution in [3.8, 4) is 47.4 Å². The van der Waals surface area contributed by atoms with Gasteiger partial charge < -0.3 is 9.84 Å². The molecule has 0 aliphatic carbocycles. The Kier molecular flexibility index (Phi) is 14.0. The summed E-state index contributed by atoms with van der Waals surface area (Å²) in [7, 11) is 1.38. The maximum absolute atomic E-state index is 10.8. The second-order valence-corrected chi connectivity index (χ2v) is 3.85. The number of hydrogen-bond acceptors (Lipinski definition) is 3. The molecule has 21 heavy (non-hydrogen) atoms. The van der Waals surface area contributed by atoms with Crippen LogP contribution in [0.25, 0.3) is 0 Å². The second kappa shape index (κ2) is 15.7. The van der Waals surface area contributed by atoms with Crippen molar-refractivity contribution in [1.82, 2.24) is 0 Å². The van der Waals surface area contributed by atoms with Crippen LogP contribution in [-0.4, -0.2) is 24.8 Å². The van der Waals surface area contributed by atoms with Crippen molar-refractivity contribution in [2.24, 2.45) is 0 Å². The Morgan fingerprint density at radius 3 is 1.81 bits per heavy atom. The van der Waals surface area contributed by atoms with Crippen LogP contribution in [0.1, 0.15) is 44.9 Å². The summed E-state index contributed by atoms with van der Waals surface area (Å²) in [6, 6.07) is 0. The van der Waals surface area contributed by atoms with E-state index in [-0.39, 0.29) is 12.6 Å². The van der Waals surface area contributed by atoms with Crippen LogP contribution < -0.4 is 0 Å².